The highest BCUT2D eigenvalue weighted by Crippen LogP contribution is 2.58. The van der Waals surface area contributed by atoms with Crippen molar-refractivity contribution in [2.75, 3.05) is 0 Å². The Hall–Kier alpha value is -0.660. The Kier molecular flexibility index (Phi) is 1.89. The molecule has 78 valence electrons. The lowest BCUT2D eigenvalue weighted by Crippen LogP contribution is -2.52. The number of ketones is 2. The summed E-state index contributed by atoms with van der Waals surface area (Å²) in [4.78, 5) is 23.1. The fourth-order valence-electron chi connectivity index (χ4n) is 3.16. The van der Waals surface area contributed by atoms with Crippen molar-refractivity contribution >= 4 is 11.6 Å². The van der Waals surface area contributed by atoms with Crippen molar-refractivity contribution in [2.24, 2.45) is 16.7 Å². The predicted octanol–water partition coefficient (Wildman–Crippen LogP) is 2.36. The fraction of sp³-hybridized carbons (Fsp3) is 0.833. The summed E-state index contributed by atoms with van der Waals surface area (Å²) in [5.74, 6) is 0.989. The maximum Gasteiger partial charge on any atom is 0.133 e. The molecular formula is C12H18O2. The second kappa shape index (κ2) is 2.68. The molecule has 0 spiro atoms. The van der Waals surface area contributed by atoms with E-state index in [1.807, 2.05) is 0 Å². The van der Waals surface area contributed by atoms with E-state index in [1.54, 1.807) is 0 Å². The highest BCUT2D eigenvalue weighted by Gasteiger charge is 2.55. The Labute approximate surface area is 85.1 Å². The smallest absolute Gasteiger partial charge is 0.133 e. The molecule has 0 aromatic rings. The van der Waals surface area contributed by atoms with Gasteiger partial charge in [0, 0.05) is 25.7 Å². The van der Waals surface area contributed by atoms with Crippen molar-refractivity contribution in [3.05, 3.63) is 0 Å². The van der Waals surface area contributed by atoms with E-state index in [0.29, 0.717) is 37.2 Å². The molecule has 0 N–H and O–H groups in total. The second-order valence-electron chi connectivity index (χ2n) is 5.82. The lowest BCUT2D eigenvalue weighted by Gasteiger charge is -2.55. The molecule has 2 fully saturated rings. The number of Topliss-reactive ketones (excluding diaryl/α,β-unsaturated/α-hetero) is 2. The Morgan fingerprint density at radius 2 is 1.43 bits per heavy atom. The molecule has 2 aliphatic rings. The average molecular weight is 194 g/mol. The first-order valence-corrected chi connectivity index (χ1v) is 5.38. The van der Waals surface area contributed by atoms with Crippen LogP contribution in [0.2, 0.25) is 0 Å². The van der Waals surface area contributed by atoms with Gasteiger partial charge >= 0.3 is 0 Å². The zero-order valence-electron chi connectivity index (χ0n) is 9.22. The van der Waals surface area contributed by atoms with Gasteiger partial charge in [0.05, 0.1) is 0 Å². The Morgan fingerprint density at radius 1 is 1.00 bits per heavy atom. The van der Waals surface area contributed by atoms with E-state index < -0.39 is 0 Å². The topological polar surface area (TPSA) is 34.1 Å². The number of fused-ring (bicyclic) bond motifs is 2. The molecule has 0 aromatic heterocycles. The van der Waals surface area contributed by atoms with Gasteiger partial charge in [-0.05, 0) is 16.7 Å². The minimum Gasteiger partial charge on any atom is -0.300 e. The van der Waals surface area contributed by atoms with Gasteiger partial charge in [-0.15, -0.1) is 0 Å². The van der Waals surface area contributed by atoms with Gasteiger partial charge in [-0.25, -0.2) is 0 Å². The summed E-state index contributed by atoms with van der Waals surface area (Å²) in [6.07, 6.45) is 2.44. The lowest BCUT2D eigenvalue weighted by atomic mass is 9.48. The third-order valence-corrected chi connectivity index (χ3v) is 4.70. The van der Waals surface area contributed by atoms with Crippen molar-refractivity contribution in [1.82, 2.24) is 0 Å². The normalized spacial score (nSPS) is 41.2. The summed E-state index contributed by atoms with van der Waals surface area (Å²) in [7, 11) is 0. The zero-order chi connectivity index (χ0) is 10.6. The molecule has 0 saturated heterocycles. The molecule has 2 bridgehead atoms. The minimum atomic E-state index is -0.0810. The van der Waals surface area contributed by atoms with Gasteiger partial charge in [-0.2, -0.15) is 0 Å². The van der Waals surface area contributed by atoms with E-state index in [2.05, 4.69) is 20.8 Å². The molecule has 0 heterocycles. The first kappa shape index (κ1) is 9.88. The van der Waals surface area contributed by atoms with Gasteiger partial charge in [0.2, 0.25) is 0 Å². The lowest BCUT2D eigenvalue weighted by molar-refractivity contribution is -0.149. The van der Waals surface area contributed by atoms with Gasteiger partial charge in [-0.3, -0.25) is 9.59 Å². The first-order valence-electron chi connectivity index (χ1n) is 5.38. The van der Waals surface area contributed by atoms with Gasteiger partial charge in [0.1, 0.15) is 11.6 Å². The molecule has 2 nitrogen and oxygen atoms in total. The third-order valence-electron chi connectivity index (χ3n) is 4.70. The van der Waals surface area contributed by atoms with Crippen LogP contribution in [0.5, 0.6) is 0 Å². The monoisotopic (exact) mass is 194 g/mol. The predicted molar refractivity (Wildman–Crippen MR) is 53.9 cm³/mol. The molecule has 0 aromatic carbocycles. The average Bonchev–Trinajstić information content (AvgIpc) is 1.96. The van der Waals surface area contributed by atoms with E-state index in [0.717, 1.165) is 0 Å². The third kappa shape index (κ3) is 1.16. The number of carbonyl (C=O) groups is 2. The van der Waals surface area contributed by atoms with E-state index >= 15 is 0 Å². The van der Waals surface area contributed by atoms with Crippen LogP contribution in [0.25, 0.3) is 0 Å². The quantitative estimate of drug-likeness (QED) is 0.593. The van der Waals surface area contributed by atoms with Gasteiger partial charge in [0.15, 0.2) is 0 Å². The Balaban J connectivity index is 2.41. The molecule has 2 aliphatic carbocycles. The van der Waals surface area contributed by atoms with Gasteiger partial charge in [0.25, 0.3) is 0 Å². The van der Waals surface area contributed by atoms with Crippen LogP contribution < -0.4 is 0 Å². The van der Waals surface area contributed by atoms with Crippen LogP contribution in [0.3, 0.4) is 0 Å². The Morgan fingerprint density at radius 3 is 1.79 bits per heavy atom. The van der Waals surface area contributed by atoms with Gasteiger partial charge in [-0.1, -0.05) is 20.8 Å². The molecule has 0 atom stereocenters. The van der Waals surface area contributed by atoms with Crippen molar-refractivity contribution in [3.8, 4) is 0 Å². The summed E-state index contributed by atoms with van der Waals surface area (Å²) in [5.41, 5.74) is 0.0666. The highest BCUT2D eigenvalue weighted by atomic mass is 16.1. The summed E-state index contributed by atoms with van der Waals surface area (Å²) in [6.45, 7) is 6.54. The van der Waals surface area contributed by atoms with Crippen molar-refractivity contribution in [1.29, 1.82) is 0 Å². The van der Waals surface area contributed by atoms with Crippen molar-refractivity contribution in [3.63, 3.8) is 0 Å². The number of rotatable bonds is 0. The highest BCUT2D eigenvalue weighted by molar-refractivity contribution is 5.87. The summed E-state index contributed by atoms with van der Waals surface area (Å²) in [5, 5.41) is 0. The first-order chi connectivity index (χ1) is 6.35. The molecule has 2 rings (SSSR count). The largest absolute Gasteiger partial charge is 0.300 e. The second-order valence-corrected chi connectivity index (χ2v) is 5.82. The van der Waals surface area contributed by atoms with Crippen LogP contribution in [0.1, 0.15) is 46.5 Å². The van der Waals surface area contributed by atoms with Crippen molar-refractivity contribution in [2.45, 2.75) is 46.5 Å². The van der Waals surface area contributed by atoms with Gasteiger partial charge < -0.3 is 0 Å². The van der Waals surface area contributed by atoms with Crippen molar-refractivity contribution < 1.29 is 9.59 Å². The zero-order valence-corrected chi connectivity index (χ0v) is 9.22. The molecule has 14 heavy (non-hydrogen) atoms. The van der Waals surface area contributed by atoms with Crippen LogP contribution in [0.4, 0.5) is 0 Å². The Bertz CT molecular complexity index is 281. The molecule has 2 saturated carbocycles. The standard InChI is InChI=1S/C12H18O2/c1-11(2)8-4-9(13)6-12(11,3)7-10(14)5-8/h8H,4-7H2,1-3H3. The summed E-state index contributed by atoms with van der Waals surface area (Å²) >= 11 is 0. The molecule has 2 heteroatoms. The fourth-order valence-corrected chi connectivity index (χ4v) is 3.16. The van der Waals surface area contributed by atoms with E-state index in [4.69, 9.17) is 0 Å². The van der Waals surface area contributed by atoms with E-state index in [1.165, 1.54) is 0 Å². The maximum absolute atomic E-state index is 11.6. The van der Waals surface area contributed by atoms with Crippen LogP contribution in [-0.4, -0.2) is 11.6 Å². The minimum absolute atomic E-state index is 0.0810. The SMILES string of the molecule is CC12CC(=O)CC(CC(=O)C1)C2(C)C. The summed E-state index contributed by atoms with van der Waals surface area (Å²) in [6, 6.07) is 0. The van der Waals surface area contributed by atoms with E-state index in [-0.39, 0.29) is 16.7 Å². The van der Waals surface area contributed by atoms with E-state index in [9.17, 15) is 9.59 Å². The molecular weight excluding hydrogens is 176 g/mol. The maximum atomic E-state index is 11.6. The van der Waals surface area contributed by atoms with Crippen LogP contribution >= 0.6 is 0 Å². The number of carbonyl (C=O) groups excluding carboxylic acids is 2. The summed E-state index contributed by atoms with van der Waals surface area (Å²) < 4.78 is 0. The van der Waals surface area contributed by atoms with Crippen LogP contribution in [0, 0.1) is 16.7 Å². The molecule has 0 unspecified atom stereocenters. The molecule has 0 aliphatic heterocycles. The number of hydrogen-bond acceptors (Lipinski definition) is 2. The molecule has 0 radical (unpaired) electrons. The van der Waals surface area contributed by atoms with Crippen LogP contribution in [-0.2, 0) is 9.59 Å². The number of hydrogen-bond donors (Lipinski definition) is 0. The van der Waals surface area contributed by atoms with Crippen LogP contribution in [0.15, 0.2) is 0 Å². The molecule has 0 amide bonds.